The fraction of sp³-hybridized carbons (Fsp3) is 0.684. The monoisotopic (exact) mass is 355 g/mol. The highest BCUT2D eigenvalue weighted by Crippen LogP contribution is 2.23. The molecule has 0 amide bonds. The number of Topliss-reactive ketones (excluding diaryl/α,β-unsaturated/α-hetero) is 1. The minimum Gasteiger partial charge on any atom is -0.464 e. The average molecular weight is 356 g/mol. The number of nitrogens with one attached hydrogen (secondary N) is 1. The number of unbranched alkanes of at least 4 members (excludes halogenated alkanes) is 9. The number of carbonyl (C=O) groups is 2. The van der Waals surface area contributed by atoms with Gasteiger partial charge in [-0.05, 0) is 6.42 Å². The SMILES string of the molecule is CCCCCCCCCCCCC(=O)c1c[nH]c(C(=O)OC)c1Cl. The number of methoxy groups -OCH3 is 1. The van der Waals surface area contributed by atoms with E-state index in [2.05, 4.69) is 16.6 Å². The van der Waals surface area contributed by atoms with Crippen LogP contribution in [0.4, 0.5) is 0 Å². The van der Waals surface area contributed by atoms with Gasteiger partial charge in [-0.25, -0.2) is 4.79 Å². The zero-order valence-electron chi connectivity index (χ0n) is 15.0. The van der Waals surface area contributed by atoms with Crippen LogP contribution in [0.1, 0.15) is 98.4 Å². The Hall–Kier alpha value is -1.29. The van der Waals surface area contributed by atoms with E-state index in [1.807, 2.05) is 0 Å². The van der Waals surface area contributed by atoms with Gasteiger partial charge in [0.05, 0.1) is 17.7 Å². The Morgan fingerprint density at radius 2 is 1.54 bits per heavy atom. The van der Waals surface area contributed by atoms with Gasteiger partial charge in [0.25, 0.3) is 0 Å². The summed E-state index contributed by atoms with van der Waals surface area (Å²) in [5, 5.41) is 0.166. The predicted molar refractivity (Wildman–Crippen MR) is 97.9 cm³/mol. The first kappa shape index (κ1) is 20.8. The van der Waals surface area contributed by atoms with Gasteiger partial charge in [0.1, 0.15) is 5.69 Å². The third kappa shape index (κ3) is 7.08. The van der Waals surface area contributed by atoms with Crippen LogP contribution in [0.5, 0.6) is 0 Å². The Morgan fingerprint density at radius 1 is 1.00 bits per heavy atom. The van der Waals surface area contributed by atoms with E-state index < -0.39 is 5.97 Å². The Bertz CT molecular complexity index is 511. The van der Waals surface area contributed by atoms with Crippen LogP contribution in [0.3, 0.4) is 0 Å². The summed E-state index contributed by atoms with van der Waals surface area (Å²) in [4.78, 5) is 26.4. The lowest BCUT2D eigenvalue weighted by atomic mass is 10.0. The maximum Gasteiger partial charge on any atom is 0.356 e. The van der Waals surface area contributed by atoms with E-state index in [0.29, 0.717) is 12.0 Å². The number of aromatic nitrogens is 1. The number of aromatic amines is 1. The van der Waals surface area contributed by atoms with Crippen molar-refractivity contribution >= 4 is 23.4 Å². The highest BCUT2D eigenvalue weighted by Gasteiger charge is 2.20. The Kier molecular flexibility index (Phi) is 10.5. The number of esters is 1. The van der Waals surface area contributed by atoms with Gasteiger partial charge in [0, 0.05) is 12.6 Å². The molecule has 1 N–H and O–H groups in total. The molecule has 0 radical (unpaired) electrons. The summed E-state index contributed by atoms with van der Waals surface area (Å²) in [5.41, 5.74) is 0.526. The summed E-state index contributed by atoms with van der Waals surface area (Å²) in [6, 6.07) is 0. The minimum atomic E-state index is -0.557. The van der Waals surface area contributed by atoms with Gasteiger partial charge in [0.15, 0.2) is 5.78 Å². The topological polar surface area (TPSA) is 59.2 Å². The first-order chi connectivity index (χ1) is 11.6. The lowest BCUT2D eigenvalue weighted by Crippen LogP contribution is -2.03. The Morgan fingerprint density at radius 3 is 2.08 bits per heavy atom. The van der Waals surface area contributed by atoms with Crippen LogP contribution >= 0.6 is 11.6 Å². The molecular weight excluding hydrogens is 326 g/mol. The van der Waals surface area contributed by atoms with E-state index in [1.165, 1.54) is 64.7 Å². The van der Waals surface area contributed by atoms with Crippen molar-refractivity contribution in [2.45, 2.75) is 77.6 Å². The normalized spacial score (nSPS) is 10.8. The van der Waals surface area contributed by atoms with Crippen molar-refractivity contribution < 1.29 is 14.3 Å². The molecule has 4 nitrogen and oxygen atoms in total. The molecule has 0 bridgehead atoms. The highest BCUT2D eigenvalue weighted by atomic mass is 35.5. The number of rotatable bonds is 13. The molecule has 0 aliphatic heterocycles. The standard InChI is InChI=1S/C19H30ClNO3/c1-3-4-5-6-7-8-9-10-11-12-13-16(22)15-14-21-18(17(15)20)19(23)24-2/h14,21H,3-13H2,1-2H3. The Labute approximate surface area is 150 Å². The lowest BCUT2D eigenvalue weighted by molar-refractivity contribution is 0.0595. The molecule has 0 saturated carbocycles. The molecule has 0 aliphatic rings. The summed E-state index contributed by atoms with van der Waals surface area (Å²) in [5.74, 6) is -0.580. The fourth-order valence-electron chi connectivity index (χ4n) is 2.77. The van der Waals surface area contributed by atoms with Crippen molar-refractivity contribution in [1.82, 2.24) is 4.98 Å². The smallest absolute Gasteiger partial charge is 0.356 e. The minimum absolute atomic E-state index is 0.0223. The summed E-state index contributed by atoms with van der Waals surface area (Å²) in [6.07, 6.45) is 14.3. The van der Waals surface area contributed by atoms with Crippen molar-refractivity contribution in [3.05, 3.63) is 22.5 Å². The summed E-state index contributed by atoms with van der Waals surface area (Å²) in [7, 11) is 1.28. The number of halogens is 1. The predicted octanol–water partition coefficient (Wildman–Crippen LogP) is 5.95. The van der Waals surface area contributed by atoms with Gasteiger partial charge in [-0.2, -0.15) is 0 Å². The van der Waals surface area contributed by atoms with Gasteiger partial charge >= 0.3 is 5.97 Å². The van der Waals surface area contributed by atoms with Crippen LogP contribution in [0.15, 0.2) is 6.20 Å². The molecule has 1 heterocycles. The number of ether oxygens (including phenoxy) is 1. The quantitative estimate of drug-likeness (QED) is 0.270. The molecule has 0 unspecified atom stereocenters. The molecule has 1 rings (SSSR count). The van der Waals surface area contributed by atoms with E-state index in [4.69, 9.17) is 11.6 Å². The molecule has 0 aromatic carbocycles. The maximum absolute atomic E-state index is 12.2. The van der Waals surface area contributed by atoms with E-state index in [1.54, 1.807) is 0 Å². The summed E-state index contributed by atoms with van der Waals surface area (Å²) < 4.78 is 4.61. The third-order valence-electron chi connectivity index (χ3n) is 4.26. The number of H-pyrrole nitrogens is 1. The molecule has 1 aromatic rings. The van der Waals surface area contributed by atoms with Crippen LogP contribution in [-0.2, 0) is 4.74 Å². The second-order valence-electron chi connectivity index (χ2n) is 6.24. The van der Waals surface area contributed by atoms with E-state index in [-0.39, 0.29) is 16.5 Å². The number of hydrogen-bond donors (Lipinski definition) is 1. The van der Waals surface area contributed by atoms with Crippen molar-refractivity contribution in [3.8, 4) is 0 Å². The molecule has 24 heavy (non-hydrogen) atoms. The molecule has 1 aromatic heterocycles. The number of hydrogen-bond acceptors (Lipinski definition) is 3. The largest absolute Gasteiger partial charge is 0.464 e. The number of carbonyl (C=O) groups excluding carboxylic acids is 2. The van der Waals surface area contributed by atoms with Gasteiger partial charge in [-0.3, -0.25) is 4.79 Å². The highest BCUT2D eigenvalue weighted by molar-refractivity contribution is 6.36. The van der Waals surface area contributed by atoms with E-state index >= 15 is 0 Å². The molecule has 0 saturated heterocycles. The van der Waals surface area contributed by atoms with Gasteiger partial charge in [-0.1, -0.05) is 76.3 Å². The molecule has 0 spiro atoms. The Balaban J connectivity index is 2.16. The molecule has 0 fully saturated rings. The molecule has 0 atom stereocenters. The van der Waals surface area contributed by atoms with Crippen LogP contribution in [0.25, 0.3) is 0 Å². The summed E-state index contributed by atoms with van der Waals surface area (Å²) >= 11 is 6.07. The first-order valence-electron chi connectivity index (χ1n) is 9.10. The second kappa shape index (κ2) is 12.1. The zero-order chi connectivity index (χ0) is 17.8. The van der Waals surface area contributed by atoms with Crippen LogP contribution in [-0.4, -0.2) is 23.8 Å². The van der Waals surface area contributed by atoms with Crippen molar-refractivity contribution in [1.29, 1.82) is 0 Å². The molecular formula is C19H30ClNO3. The molecule has 136 valence electrons. The number of ketones is 1. The molecule has 5 heteroatoms. The average Bonchev–Trinajstić information content (AvgIpc) is 2.97. The third-order valence-corrected chi connectivity index (χ3v) is 4.66. The first-order valence-corrected chi connectivity index (χ1v) is 9.48. The molecule has 0 aliphatic carbocycles. The maximum atomic E-state index is 12.2. The van der Waals surface area contributed by atoms with E-state index in [9.17, 15) is 9.59 Å². The van der Waals surface area contributed by atoms with Crippen LogP contribution < -0.4 is 0 Å². The van der Waals surface area contributed by atoms with Gasteiger partial charge < -0.3 is 9.72 Å². The van der Waals surface area contributed by atoms with Crippen molar-refractivity contribution in [2.75, 3.05) is 7.11 Å². The lowest BCUT2D eigenvalue weighted by Gasteiger charge is -2.02. The van der Waals surface area contributed by atoms with Crippen LogP contribution in [0, 0.1) is 0 Å². The van der Waals surface area contributed by atoms with Crippen LogP contribution in [0.2, 0.25) is 5.02 Å². The van der Waals surface area contributed by atoms with Crippen molar-refractivity contribution in [3.63, 3.8) is 0 Å². The van der Waals surface area contributed by atoms with Gasteiger partial charge in [-0.15, -0.1) is 0 Å². The second-order valence-corrected chi connectivity index (χ2v) is 6.62. The fourth-order valence-corrected chi connectivity index (χ4v) is 3.06. The zero-order valence-corrected chi connectivity index (χ0v) is 15.7. The van der Waals surface area contributed by atoms with Crippen molar-refractivity contribution in [2.24, 2.45) is 0 Å². The summed E-state index contributed by atoms with van der Waals surface area (Å²) in [6.45, 7) is 2.23. The van der Waals surface area contributed by atoms with E-state index in [0.717, 1.165) is 12.8 Å². The van der Waals surface area contributed by atoms with Gasteiger partial charge in [0.2, 0.25) is 0 Å².